The Morgan fingerprint density at radius 3 is 1.46 bits per heavy atom. The average Bonchev–Trinajstić information content (AvgIpc) is 0.871. The monoisotopic (exact) mass is 1760 g/mol. The molecule has 11 N–H and O–H groups in total. The fourth-order valence-electron chi connectivity index (χ4n) is 15.9. The van der Waals surface area contributed by atoms with Crippen molar-refractivity contribution in [3.05, 3.63) is 167 Å². The predicted octanol–water partition coefficient (Wildman–Crippen LogP) is 8.83. The number of thioether (sulfide) groups is 1. The molecular formula is C94H130N12O17S2. The van der Waals surface area contributed by atoms with Crippen LogP contribution in [0.25, 0.3) is 11.1 Å². The van der Waals surface area contributed by atoms with Gasteiger partial charge in [0.25, 0.3) is 0 Å². The lowest BCUT2D eigenvalue weighted by molar-refractivity contribution is -0.149. The van der Waals surface area contributed by atoms with Crippen LogP contribution in [0.3, 0.4) is 0 Å². The van der Waals surface area contributed by atoms with E-state index < -0.39 is 196 Å². The number of amides is 12. The number of carboxylic acid groups (broad SMARTS) is 1. The Bertz CT molecular complexity index is 4390. The van der Waals surface area contributed by atoms with Gasteiger partial charge in [-0.05, 0) is 150 Å². The Labute approximate surface area is 745 Å². The summed E-state index contributed by atoms with van der Waals surface area (Å²) in [5, 5.41) is 37.1. The van der Waals surface area contributed by atoms with Gasteiger partial charge in [-0.15, -0.1) is 11.8 Å². The number of nitrogens with zero attached hydrogens (tertiary/aromatic N) is 2. The molecule has 0 saturated carbocycles. The van der Waals surface area contributed by atoms with Crippen molar-refractivity contribution < 1.29 is 81.6 Å². The van der Waals surface area contributed by atoms with Crippen LogP contribution in [0.2, 0.25) is 0 Å². The number of rotatable bonds is 43. The molecule has 15 atom stereocenters. The van der Waals surface area contributed by atoms with Gasteiger partial charge in [0.2, 0.25) is 65.0 Å². The second-order valence-electron chi connectivity index (χ2n) is 35.3. The Kier molecular flexibility index (Phi) is 37.0. The van der Waals surface area contributed by atoms with E-state index in [0.717, 1.165) is 38.9 Å². The minimum absolute atomic E-state index is 0.0350. The molecule has 125 heavy (non-hydrogen) atoms. The van der Waals surface area contributed by atoms with Crippen molar-refractivity contribution in [2.75, 3.05) is 44.4 Å². The zero-order chi connectivity index (χ0) is 91.8. The normalized spacial score (nSPS) is 17.7. The Balaban J connectivity index is 0.952. The standard InChI is InChI=1S/C94H130N12O17S2/c1-17-56(6)76(101-75(107)50-95-81(109)72(100-91(120)121-51-68-66-43-31-29-41-64(66)65-42-30-32-44-67(65)68)54-125-94(61-35-23-20-24-36-61,62-37-25-21-26-38-62)63-39-27-22-28-40-63)85(113)97-69(49-55(4)5)82(110)104-79(60(10)123-93(14,15)16)87(115)96-59(9)80(108)98-70(52-122-92(11,12)13)83(111)103-78(58(8)19-3)89(117)106-48-34-46-74(106)88(116)105-47-33-45-73(105)84(112)102-77(57(7)18-2)86(114)99-71(53-124)90(118)119/h20-32,35-44,55-60,68-74,76-79,124H,17-19,33-34,45-54H2,1-16H3,(H,95,109)(H,96,115)(H,97,113)(H,98,108)(H,99,114)(H,100,120)(H,101,107)(H,102,112)(H,103,111)(H,104,110)(H,118,119)/t56-,57-,58-,59-,60+,69-,70-,71-,72-,73-,74-,76-,77-,78-,79-/m0/s1. The van der Waals surface area contributed by atoms with Gasteiger partial charge in [-0.25, -0.2) is 9.59 Å². The molecule has 8 rings (SSSR count). The number of alkyl carbamates (subject to hydrolysis) is 1. The highest BCUT2D eigenvalue weighted by molar-refractivity contribution is 8.00. The SMILES string of the molecule is CC[C@H](C)[C@H](NC(=O)CNC(=O)[C@H](CSC(c1ccccc1)(c1ccccc1)c1ccccc1)NC(=O)OCC1c2ccccc2-c2ccccc21)C(=O)N[C@@H](CC(C)C)C(=O)N[C@H](C(=O)N[C@@H](C)C(=O)N[C@@H](COC(C)(C)C)C(=O)N[C@H](C(=O)N1CCC[C@H]1C(=O)N1CCC[C@H]1C(=O)N[C@H](C(=O)N[C@@H](CS)C(=O)O)[C@@H](C)CC)[C@@H](C)CC)[C@@H](C)OC(C)(C)C. The Hall–Kier alpha value is -10.4. The van der Waals surface area contributed by atoms with Crippen LogP contribution in [0.5, 0.6) is 0 Å². The molecule has 12 amide bonds. The molecule has 2 heterocycles. The lowest BCUT2D eigenvalue weighted by atomic mass is 9.84. The molecule has 31 heteroatoms. The maximum Gasteiger partial charge on any atom is 0.407 e. The van der Waals surface area contributed by atoms with E-state index in [1.807, 2.05) is 174 Å². The van der Waals surface area contributed by atoms with Crippen LogP contribution < -0.4 is 53.2 Å². The van der Waals surface area contributed by atoms with Crippen molar-refractivity contribution >= 4 is 101 Å². The molecule has 0 spiro atoms. The van der Waals surface area contributed by atoms with Gasteiger partial charge in [0.05, 0.1) is 35.2 Å². The number of carboxylic acids is 1. The zero-order valence-electron chi connectivity index (χ0n) is 74.9. The highest BCUT2D eigenvalue weighted by Crippen LogP contribution is 2.49. The first kappa shape index (κ1) is 100. The summed E-state index contributed by atoms with van der Waals surface area (Å²) in [4.78, 5) is 190. The van der Waals surface area contributed by atoms with Gasteiger partial charge < -0.3 is 82.3 Å². The summed E-state index contributed by atoms with van der Waals surface area (Å²) in [6.45, 7) is 26.9. The summed E-state index contributed by atoms with van der Waals surface area (Å²) in [7, 11) is 0. The molecule has 3 aliphatic rings. The van der Waals surface area contributed by atoms with E-state index in [-0.39, 0.29) is 62.3 Å². The third-order valence-corrected chi connectivity index (χ3v) is 25.2. The molecule has 2 saturated heterocycles. The summed E-state index contributed by atoms with van der Waals surface area (Å²) >= 11 is 5.47. The first-order chi connectivity index (χ1) is 59.3. The number of hydrogen-bond acceptors (Lipinski definition) is 18. The topological polar surface area (TPSA) is 397 Å². The molecule has 2 aliphatic heterocycles. The maximum absolute atomic E-state index is 15.0. The highest BCUT2D eigenvalue weighted by Gasteiger charge is 2.47. The highest BCUT2D eigenvalue weighted by atomic mass is 32.2. The fourth-order valence-corrected chi connectivity index (χ4v) is 17.7. The molecule has 5 aromatic carbocycles. The number of aliphatic carboxylic acids is 1. The molecular weight excluding hydrogens is 1630 g/mol. The van der Waals surface area contributed by atoms with Crippen LogP contribution in [0.15, 0.2) is 140 Å². The minimum atomic E-state index is -1.54. The summed E-state index contributed by atoms with van der Waals surface area (Å²) in [6.07, 6.45) is 0.612. The lowest BCUT2D eigenvalue weighted by Gasteiger charge is -2.36. The number of likely N-dealkylation sites (tertiary alicyclic amines) is 2. The third kappa shape index (κ3) is 27.1. The molecule has 0 radical (unpaired) electrons. The van der Waals surface area contributed by atoms with Crippen LogP contribution in [0, 0.1) is 23.7 Å². The molecule has 29 nitrogen and oxygen atoms in total. The van der Waals surface area contributed by atoms with Crippen LogP contribution in [0.4, 0.5) is 4.79 Å². The number of nitrogens with one attached hydrogen (secondary N) is 10. The first-order valence-electron chi connectivity index (χ1n) is 43.6. The molecule has 0 aromatic heterocycles. The van der Waals surface area contributed by atoms with Crippen molar-refractivity contribution in [2.24, 2.45) is 23.7 Å². The van der Waals surface area contributed by atoms with Gasteiger partial charge in [-0.1, -0.05) is 214 Å². The van der Waals surface area contributed by atoms with E-state index in [1.165, 1.54) is 28.5 Å². The van der Waals surface area contributed by atoms with E-state index in [2.05, 4.69) is 65.8 Å². The summed E-state index contributed by atoms with van der Waals surface area (Å²) in [6, 6.07) is 31.2. The van der Waals surface area contributed by atoms with Gasteiger partial charge in [-0.2, -0.15) is 12.6 Å². The molecule has 2 fully saturated rings. The molecule has 0 bridgehead atoms. The number of benzene rings is 5. The lowest BCUT2D eigenvalue weighted by Crippen LogP contribution is -2.63. The second-order valence-corrected chi connectivity index (χ2v) is 36.9. The maximum atomic E-state index is 15.0. The van der Waals surface area contributed by atoms with Crippen molar-refractivity contribution in [3.8, 4) is 11.1 Å². The zero-order valence-corrected chi connectivity index (χ0v) is 76.6. The van der Waals surface area contributed by atoms with Crippen molar-refractivity contribution in [1.82, 2.24) is 63.0 Å². The quantitative estimate of drug-likeness (QED) is 0.0128. The van der Waals surface area contributed by atoms with E-state index in [9.17, 15) is 62.6 Å². The van der Waals surface area contributed by atoms with Crippen molar-refractivity contribution in [3.63, 3.8) is 0 Å². The number of ether oxygens (including phenoxy) is 3. The fraction of sp³-hybridized carbons (Fsp3) is 0.543. The van der Waals surface area contributed by atoms with Gasteiger partial charge in [0.1, 0.15) is 73.1 Å². The van der Waals surface area contributed by atoms with Gasteiger partial charge in [0, 0.05) is 30.5 Å². The number of hydrogen-bond donors (Lipinski definition) is 12. The van der Waals surface area contributed by atoms with E-state index in [4.69, 9.17) is 14.2 Å². The second kappa shape index (κ2) is 46.2. The predicted molar refractivity (Wildman–Crippen MR) is 483 cm³/mol. The van der Waals surface area contributed by atoms with Crippen LogP contribution >= 0.6 is 24.4 Å². The van der Waals surface area contributed by atoms with E-state index in [0.29, 0.717) is 32.1 Å². The third-order valence-electron chi connectivity index (χ3n) is 23.2. The summed E-state index contributed by atoms with van der Waals surface area (Å²) in [5.74, 6) is -11.6. The average molecular weight is 1760 g/mol. The van der Waals surface area contributed by atoms with Crippen LogP contribution in [-0.2, 0) is 76.5 Å². The van der Waals surface area contributed by atoms with E-state index >= 15 is 4.79 Å². The van der Waals surface area contributed by atoms with Crippen LogP contribution in [0.1, 0.15) is 196 Å². The van der Waals surface area contributed by atoms with Gasteiger partial charge >= 0.3 is 12.1 Å². The van der Waals surface area contributed by atoms with Crippen LogP contribution in [-0.4, -0.2) is 220 Å². The first-order valence-corrected chi connectivity index (χ1v) is 45.3. The van der Waals surface area contributed by atoms with Gasteiger partial charge in [-0.3, -0.25) is 52.7 Å². The number of thiol groups is 1. The largest absolute Gasteiger partial charge is 0.480 e. The molecule has 1 aliphatic carbocycles. The smallest absolute Gasteiger partial charge is 0.407 e. The molecule has 680 valence electrons. The molecule has 5 aromatic rings. The van der Waals surface area contributed by atoms with Gasteiger partial charge in [0.15, 0.2) is 0 Å². The summed E-state index contributed by atoms with van der Waals surface area (Å²) in [5.41, 5.74) is 4.98. The van der Waals surface area contributed by atoms with E-state index in [1.54, 1.807) is 69.2 Å². The minimum Gasteiger partial charge on any atom is -0.480 e. The number of fused-ring (bicyclic) bond motifs is 3. The van der Waals surface area contributed by atoms with Crippen molar-refractivity contribution in [2.45, 2.75) is 257 Å². The number of carbonyl (C=O) groups is 13. The number of carbonyl (C=O) groups excluding carboxylic acids is 12. The summed E-state index contributed by atoms with van der Waals surface area (Å²) < 4.78 is 17.5. The Morgan fingerprint density at radius 2 is 0.952 bits per heavy atom. The Morgan fingerprint density at radius 1 is 0.488 bits per heavy atom. The molecule has 0 unspecified atom stereocenters. The van der Waals surface area contributed by atoms with Crippen molar-refractivity contribution in [1.29, 1.82) is 0 Å².